The summed E-state index contributed by atoms with van der Waals surface area (Å²) in [6, 6.07) is -1.41. The second-order valence-corrected chi connectivity index (χ2v) is 4.62. The van der Waals surface area contributed by atoms with Crippen molar-refractivity contribution in [1.82, 2.24) is 10.2 Å². The fraction of sp³-hybridized carbons (Fsp3) is 0.778. The Morgan fingerprint density at radius 2 is 2.06 bits per heavy atom. The van der Waals surface area contributed by atoms with E-state index in [-0.39, 0.29) is 0 Å². The molecule has 1 fully saturated rings. The summed E-state index contributed by atoms with van der Waals surface area (Å²) in [5.41, 5.74) is 0. The summed E-state index contributed by atoms with van der Waals surface area (Å²) in [6.45, 7) is -0.607. The third-order valence-corrected chi connectivity index (χ3v) is 2.98. The average molecular weight is 270 g/mol. The maximum atomic E-state index is 12.0. The maximum absolute atomic E-state index is 12.0. The van der Waals surface area contributed by atoms with Crippen molar-refractivity contribution in [3.63, 3.8) is 0 Å². The van der Waals surface area contributed by atoms with Crippen LogP contribution in [0, 0.1) is 0 Å². The monoisotopic (exact) mass is 270 g/mol. The highest BCUT2D eigenvalue weighted by molar-refractivity contribution is 7.98. The highest BCUT2D eigenvalue weighted by atomic mass is 32.2. The Morgan fingerprint density at radius 3 is 2.59 bits per heavy atom. The molecule has 17 heavy (non-hydrogen) atoms. The van der Waals surface area contributed by atoms with E-state index in [1.54, 1.807) is 0 Å². The molecule has 4 nitrogen and oxygen atoms in total. The summed E-state index contributed by atoms with van der Waals surface area (Å²) in [7, 11) is 0. The van der Waals surface area contributed by atoms with Crippen LogP contribution in [0.1, 0.15) is 12.8 Å². The first-order valence-corrected chi connectivity index (χ1v) is 6.42. The predicted octanol–water partition coefficient (Wildman–Crippen LogP) is 1.61. The molecule has 1 saturated heterocycles. The molecule has 1 heterocycles. The number of rotatable bonds is 5. The summed E-state index contributed by atoms with van der Waals surface area (Å²) in [5.74, 6) is 0.109. The quantitative estimate of drug-likeness (QED) is 0.772. The van der Waals surface area contributed by atoms with E-state index in [2.05, 4.69) is 5.32 Å². The Morgan fingerprint density at radius 1 is 1.41 bits per heavy atom. The first kappa shape index (κ1) is 14.1. The number of amides is 3. The smallest absolute Gasteiger partial charge is 0.326 e. The van der Waals surface area contributed by atoms with Gasteiger partial charge in [0.2, 0.25) is 0 Å². The van der Waals surface area contributed by atoms with Crippen molar-refractivity contribution < 1.29 is 22.8 Å². The number of alkyl halides is 3. The molecular weight excluding hydrogens is 257 g/mol. The number of thioether (sulfide) groups is 1. The van der Waals surface area contributed by atoms with Crippen molar-refractivity contribution in [3.05, 3.63) is 0 Å². The number of imide groups is 1. The average Bonchev–Trinajstić information content (AvgIpc) is 2.47. The molecular formula is C9H13F3N2O2S. The van der Waals surface area contributed by atoms with E-state index in [1.165, 1.54) is 11.8 Å². The lowest BCUT2D eigenvalue weighted by atomic mass is 10.2. The number of carbonyl (C=O) groups is 2. The summed E-state index contributed by atoms with van der Waals surface area (Å²) >= 11 is 1.51. The van der Waals surface area contributed by atoms with Gasteiger partial charge in [0, 0.05) is 6.54 Å². The Kier molecular flexibility index (Phi) is 4.67. The van der Waals surface area contributed by atoms with Gasteiger partial charge < -0.3 is 5.32 Å². The molecule has 98 valence electrons. The maximum Gasteiger partial charge on any atom is 0.390 e. The molecule has 0 aliphatic carbocycles. The van der Waals surface area contributed by atoms with Crippen LogP contribution in [0.25, 0.3) is 0 Å². The van der Waals surface area contributed by atoms with Crippen LogP contribution in [-0.2, 0) is 4.79 Å². The van der Waals surface area contributed by atoms with Crippen LogP contribution in [0.4, 0.5) is 18.0 Å². The molecule has 3 amide bonds. The minimum atomic E-state index is -4.36. The second kappa shape index (κ2) is 5.61. The lowest BCUT2D eigenvalue weighted by molar-refractivity contribution is -0.141. The van der Waals surface area contributed by atoms with Gasteiger partial charge >= 0.3 is 12.2 Å². The van der Waals surface area contributed by atoms with Crippen molar-refractivity contribution in [2.45, 2.75) is 25.1 Å². The van der Waals surface area contributed by atoms with E-state index in [0.29, 0.717) is 17.1 Å². The van der Waals surface area contributed by atoms with Crippen molar-refractivity contribution in [2.75, 3.05) is 18.6 Å². The molecule has 0 aromatic heterocycles. The van der Waals surface area contributed by atoms with Crippen LogP contribution in [-0.4, -0.2) is 47.6 Å². The molecule has 0 saturated carbocycles. The Balaban J connectivity index is 2.51. The van der Waals surface area contributed by atoms with Crippen LogP contribution in [0.15, 0.2) is 0 Å². The van der Waals surface area contributed by atoms with Gasteiger partial charge in [0.25, 0.3) is 5.91 Å². The summed E-state index contributed by atoms with van der Waals surface area (Å²) in [5, 5.41) is 2.38. The van der Waals surface area contributed by atoms with Crippen molar-refractivity contribution >= 4 is 23.7 Å². The highest BCUT2D eigenvalue weighted by Gasteiger charge is 2.39. The molecule has 1 aliphatic heterocycles. The van der Waals surface area contributed by atoms with Gasteiger partial charge in [0.15, 0.2) is 0 Å². The van der Waals surface area contributed by atoms with Gasteiger partial charge in [-0.05, 0) is 18.4 Å². The standard InChI is InChI=1S/C9H13F3N2O2S/c1-17-5-2-6-7(15)14(8(16)13-6)4-3-9(10,11)12/h6H,2-5H2,1H3,(H,13,16)/t6-/m1/s1. The first-order valence-electron chi connectivity index (χ1n) is 5.02. The molecule has 0 aromatic rings. The van der Waals surface area contributed by atoms with Crippen molar-refractivity contribution in [1.29, 1.82) is 0 Å². The van der Waals surface area contributed by atoms with Gasteiger partial charge in [-0.15, -0.1) is 0 Å². The minimum Gasteiger partial charge on any atom is -0.326 e. The molecule has 0 radical (unpaired) electrons. The van der Waals surface area contributed by atoms with Crippen LogP contribution in [0.2, 0.25) is 0 Å². The number of nitrogens with one attached hydrogen (secondary N) is 1. The molecule has 1 aliphatic rings. The molecule has 0 spiro atoms. The predicted molar refractivity (Wildman–Crippen MR) is 57.7 cm³/mol. The van der Waals surface area contributed by atoms with Crippen molar-refractivity contribution in [3.8, 4) is 0 Å². The van der Waals surface area contributed by atoms with E-state index in [0.717, 1.165) is 0 Å². The molecule has 8 heteroatoms. The normalized spacial score (nSPS) is 20.9. The van der Waals surface area contributed by atoms with Crippen LogP contribution >= 0.6 is 11.8 Å². The first-order chi connectivity index (χ1) is 7.85. The van der Waals surface area contributed by atoms with Gasteiger partial charge in [-0.25, -0.2) is 4.79 Å². The molecule has 1 N–H and O–H groups in total. The molecule has 1 rings (SSSR count). The highest BCUT2D eigenvalue weighted by Crippen LogP contribution is 2.21. The summed E-state index contributed by atoms with van der Waals surface area (Å²) < 4.78 is 36.0. The van der Waals surface area contributed by atoms with Gasteiger partial charge in [-0.2, -0.15) is 24.9 Å². The summed E-state index contributed by atoms with van der Waals surface area (Å²) in [6.07, 6.45) is -3.24. The number of hydrogen-bond acceptors (Lipinski definition) is 3. The zero-order valence-corrected chi connectivity index (χ0v) is 10.0. The van der Waals surface area contributed by atoms with Gasteiger partial charge in [0.05, 0.1) is 6.42 Å². The molecule has 0 aromatic carbocycles. The topological polar surface area (TPSA) is 49.4 Å². The number of halogens is 3. The number of nitrogens with zero attached hydrogens (tertiary/aromatic N) is 1. The Hall–Kier alpha value is -0.920. The zero-order valence-electron chi connectivity index (χ0n) is 9.21. The fourth-order valence-corrected chi connectivity index (χ4v) is 1.93. The minimum absolute atomic E-state index is 0.439. The number of carbonyl (C=O) groups excluding carboxylic acids is 2. The molecule has 0 bridgehead atoms. The number of hydrogen-bond donors (Lipinski definition) is 1. The summed E-state index contributed by atoms with van der Waals surface area (Å²) in [4.78, 5) is 23.5. The van der Waals surface area contributed by atoms with Gasteiger partial charge in [0.1, 0.15) is 6.04 Å². The van der Waals surface area contributed by atoms with E-state index >= 15 is 0 Å². The largest absolute Gasteiger partial charge is 0.390 e. The van der Waals surface area contributed by atoms with Crippen LogP contribution < -0.4 is 5.32 Å². The van der Waals surface area contributed by atoms with E-state index in [9.17, 15) is 22.8 Å². The Labute approximate surface area is 101 Å². The number of urea groups is 1. The Bertz CT molecular complexity index is 309. The lowest BCUT2D eigenvalue weighted by Crippen LogP contribution is -2.34. The van der Waals surface area contributed by atoms with Crippen molar-refractivity contribution in [2.24, 2.45) is 0 Å². The van der Waals surface area contributed by atoms with Gasteiger partial charge in [-0.1, -0.05) is 0 Å². The van der Waals surface area contributed by atoms with E-state index in [4.69, 9.17) is 0 Å². The van der Waals surface area contributed by atoms with E-state index < -0.39 is 37.1 Å². The SMILES string of the molecule is CSCC[C@H]1NC(=O)N(CCC(F)(F)F)C1=O. The van der Waals surface area contributed by atoms with E-state index in [1.807, 2.05) is 6.26 Å². The van der Waals surface area contributed by atoms with Crippen LogP contribution in [0.5, 0.6) is 0 Å². The zero-order chi connectivity index (χ0) is 13.1. The molecule has 1 atom stereocenters. The third kappa shape index (κ3) is 4.10. The lowest BCUT2D eigenvalue weighted by Gasteiger charge is -2.14. The third-order valence-electron chi connectivity index (χ3n) is 2.34. The molecule has 0 unspecified atom stereocenters. The van der Waals surface area contributed by atoms with Crippen LogP contribution in [0.3, 0.4) is 0 Å². The fourth-order valence-electron chi connectivity index (χ4n) is 1.46. The second-order valence-electron chi connectivity index (χ2n) is 3.64. The van der Waals surface area contributed by atoms with Gasteiger partial charge in [-0.3, -0.25) is 9.69 Å².